The van der Waals surface area contributed by atoms with Crippen molar-refractivity contribution in [2.45, 2.75) is 52.1 Å². The van der Waals surface area contributed by atoms with Gasteiger partial charge >= 0.3 is 0 Å². The second kappa shape index (κ2) is 6.19. The monoisotopic (exact) mass is 248 g/mol. The van der Waals surface area contributed by atoms with Crippen LogP contribution in [0.4, 0.5) is 0 Å². The smallest absolute Gasteiger partial charge is 0.250 e. The highest BCUT2D eigenvalue weighted by molar-refractivity contribution is 5.07. The van der Waals surface area contributed by atoms with Gasteiger partial charge in [0.05, 0.1) is 0 Å². The summed E-state index contributed by atoms with van der Waals surface area (Å²) in [6.45, 7) is 5.93. The van der Waals surface area contributed by atoms with Crippen LogP contribution in [0.15, 0.2) is 23.1 Å². The normalized spacial score (nSPS) is 24.1. The average molecular weight is 248 g/mol. The molecule has 0 saturated heterocycles. The van der Waals surface area contributed by atoms with E-state index in [2.05, 4.69) is 12.2 Å². The Kier molecular flexibility index (Phi) is 4.59. The van der Waals surface area contributed by atoms with Gasteiger partial charge < -0.3 is 9.88 Å². The lowest BCUT2D eigenvalue weighted by Crippen LogP contribution is -2.39. The number of hydrogen-bond acceptors (Lipinski definition) is 2. The van der Waals surface area contributed by atoms with Crippen LogP contribution in [0.3, 0.4) is 0 Å². The average Bonchev–Trinajstić information content (AvgIpc) is 2.34. The van der Waals surface area contributed by atoms with E-state index in [-0.39, 0.29) is 5.56 Å². The summed E-state index contributed by atoms with van der Waals surface area (Å²) in [7, 11) is 0. The van der Waals surface area contributed by atoms with Gasteiger partial charge in [-0.3, -0.25) is 4.79 Å². The van der Waals surface area contributed by atoms with Crippen LogP contribution in [-0.4, -0.2) is 17.2 Å². The molecule has 0 amide bonds. The SMILES string of the molecule is Cc1ccn(CCNC2CCCCC2C)c(=O)c1. The van der Waals surface area contributed by atoms with Crippen molar-refractivity contribution in [3.63, 3.8) is 0 Å². The maximum Gasteiger partial charge on any atom is 0.250 e. The molecule has 3 nitrogen and oxygen atoms in total. The third-order valence-electron chi connectivity index (χ3n) is 4.02. The Morgan fingerprint density at radius 2 is 2.17 bits per heavy atom. The van der Waals surface area contributed by atoms with Gasteiger partial charge in [0.15, 0.2) is 0 Å². The molecule has 18 heavy (non-hydrogen) atoms. The quantitative estimate of drug-likeness (QED) is 0.887. The number of pyridine rings is 1. The van der Waals surface area contributed by atoms with Gasteiger partial charge in [0.2, 0.25) is 0 Å². The van der Waals surface area contributed by atoms with E-state index in [4.69, 9.17) is 0 Å². The molecule has 1 heterocycles. The first-order valence-electron chi connectivity index (χ1n) is 7.07. The first-order chi connectivity index (χ1) is 8.66. The van der Waals surface area contributed by atoms with E-state index in [0.29, 0.717) is 6.04 Å². The molecule has 0 aliphatic heterocycles. The minimum absolute atomic E-state index is 0.105. The van der Waals surface area contributed by atoms with Gasteiger partial charge in [-0.1, -0.05) is 19.8 Å². The molecular weight excluding hydrogens is 224 g/mol. The Balaban J connectivity index is 1.82. The largest absolute Gasteiger partial charge is 0.314 e. The molecule has 1 aliphatic rings. The summed E-state index contributed by atoms with van der Waals surface area (Å²) < 4.78 is 1.79. The highest BCUT2D eigenvalue weighted by atomic mass is 16.1. The van der Waals surface area contributed by atoms with Gasteiger partial charge in [0.1, 0.15) is 0 Å². The Hall–Kier alpha value is -1.09. The molecule has 3 heteroatoms. The fourth-order valence-electron chi connectivity index (χ4n) is 2.78. The maximum absolute atomic E-state index is 11.7. The summed E-state index contributed by atoms with van der Waals surface area (Å²) >= 11 is 0. The van der Waals surface area contributed by atoms with Crippen LogP contribution in [-0.2, 0) is 6.54 Å². The Morgan fingerprint density at radius 3 is 2.89 bits per heavy atom. The van der Waals surface area contributed by atoms with Crippen LogP contribution < -0.4 is 10.9 Å². The fourth-order valence-corrected chi connectivity index (χ4v) is 2.78. The molecule has 1 aromatic heterocycles. The number of hydrogen-bond donors (Lipinski definition) is 1. The number of rotatable bonds is 4. The standard InChI is InChI=1S/C15H24N2O/c1-12-7-9-17(15(18)11-12)10-8-16-14-6-4-3-5-13(14)2/h7,9,11,13-14,16H,3-6,8,10H2,1-2H3. The molecule has 0 bridgehead atoms. The number of aryl methyl sites for hydroxylation is 1. The number of nitrogens with one attached hydrogen (secondary N) is 1. The molecule has 1 aliphatic carbocycles. The third kappa shape index (κ3) is 3.45. The fraction of sp³-hybridized carbons (Fsp3) is 0.667. The summed E-state index contributed by atoms with van der Waals surface area (Å²) in [6, 6.07) is 4.33. The minimum Gasteiger partial charge on any atom is -0.314 e. The van der Waals surface area contributed by atoms with Crippen LogP contribution in [0.2, 0.25) is 0 Å². The zero-order valence-electron chi connectivity index (χ0n) is 11.5. The second-order valence-corrected chi connectivity index (χ2v) is 5.56. The summed E-state index contributed by atoms with van der Waals surface area (Å²) in [5, 5.41) is 3.60. The van der Waals surface area contributed by atoms with Crippen molar-refractivity contribution in [2.24, 2.45) is 5.92 Å². The molecule has 0 aromatic carbocycles. The first kappa shape index (κ1) is 13.3. The van der Waals surface area contributed by atoms with E-state index >= 15 is 0 Å². The van der Waals surface area contributed by atoms with Gasteiger partial charge in [0, 0.05) is 31.4 Å². The molecule has 1 N–H and O–H groups in total. The Labute approximate surface area is 109 Å². The van der Waals surface area contributed by atoms with Crippen LogP contribution in [0, 0.1) is 12.8 Å². The minimum atomic E-state index is 0.105. The predicted octanol–water partition coefficient (Wildman–Crippen LogP) is 2.33. The lowest BCUT2D eigenvalue weighted by molar-refractivity contribution is 0.278. The molecule has 1 aromatic rings. The van der Waals surface area contributed by atoms with Gasteiger partial charge in [-0.05, 0) is 37.3 Å². The van der Waals surface area contributed by atoms with Crippen molar-refractivity contribution in [1.29, 1.82) is 0 Å². The Morgan fingerprint density at radius 1 is 1.39 bits per heavy atom. The number of aromatic nitrogens is 1. The van der Waals surface area contributed by atoms with Crippen molar-refractivity contribution in [3.05, 3.63) is 34.2 Å². The van der Waals surface area contributed by atoms with E-state index in [9.17, 15) is 4.79 Å². The van der Waals surface area contributed by atoms with E-state index < -0.39 is 0 Å². The molecule has 100 valence electrons. The number of nitrogens with zero attached hydrogens (tertiary/aromatic N) is 1. The van der Waals surface area contributed by atoms with Crippen molar-refractivity contribution in [1.82, 2.24) is 9.88 Å². The van der Waals surface area contributed by atoms with Crippen molar-refractivity contribution in [2.75, 3.05) is 6.54 Å². The molecule has 0 radical (unpaired) electrons. The molecule has 2 atom stereocenters. The summed E-state index contributed by atoms with van der Waals surface area (Å²) in [5.74, 6) is 0.772. The van der Waals surface area contributed by atoms with Gasteiger partial charge in [0.25, 0.3) is 5.56 Å². The molecule has 0 spiro atoms. The van der Waals surface area contributed by atoms with Crippen molar-refractivity contribution < 1.29 is 0 Å². The molecule has 2 rings (SSSR count). The maximum atomic E-state index is 11.7. The van der Waals surface area contributed by atoms with Crippen molar-refractivity contribution in [3.8, 4) is 0 Å². The summed E-state index contributed by atoms with van der Waals surface area (Å²) in [5.41, 5.74) is 1.14. The lowest BCUT2D eigenvalue weighted by atomic mass is 9.86. The third-order valence-corrected chi connectivity index (χ3v) is 4.02. The van der Waals surface area contributed by atoms with Crippen LogP contribution in [0.25, 0.3) is 0 Å². The topological polar surface area (TPSA) is 34.0 Å². The zero-order valence-corrected chi connectivity index (χ0v) is 11.5. The predicted molar refractivity (Wildman–Crippen MR) is 74.9 cm³/mol. The highest BCUT2D eigenvalue weighted by Crippen LogP contribution is 2.23. The Bertz CT molecular complexity index is 438. The van der Waals surface area contributed by atoms with E-state index in [1.165, 1.54) is 25.7 Å². The molecule has 1 fully saturated rings. The lowest BCUT2D eigenvalue weighted by Gasteiger charge is -2.29. The molecule has 1 saturated carbocycles. The zero-order chi connectivity index (χ0) is 13.0. The van der Waals surface area contributed by atoms with E-state index in [1.807, 2.05) is 19.2 Å². The van der Waals surface area contributed by atoms with Crippen molar-refractivity contribution >= 4 is 0 Å². The van der Waals surface area contributed by atoms with Crippen LogP contribution >= 0.6 is 0 Å². The second-order valence-electron chi connectivity index (χ2n) is 5.56. The van der Waals surface area contributed by atoms with Gasteiger partial charge in [-0.25, -0.2) is 0 Å². The van der Waals surface area contributed by atoms with E-state index in [1.54, 1.807) is 10.6 Å². The van der Waals surface area contributed by atoms with E-state index in [0.717, 1.165) is 24.6 Å². The summed E-state index contributed by atoms with van der Waals surface area (Å²) in [6.07, 6.45) is 7.22. The van der Waals surface area contributed by atoms with Crippen LogP contribution in [0.5, 0.6) is 0 Å². The van der Waals surface area contributed by atoms with Gasteiger partial charge in [-0.15, -0.1) is 0 Å². The highest BCUT2D eigenvalue weighted by Gasteiger charge is 2.20. The summed E-state index contributed by atoms with van der Waals surface area (Å²) in [4.78, 5) is 11.7. The first-order valence-corrected chi connectivity index (χ1v) is 7.07. The molecular formula is C15H24N2O. The van der Waals surface area contributed by atoms with Crippen LogP contribution in [0.1, 0.15) is 38.2 Å². The van der Waals surface area contributed by atoms with Gasteiger partial charge in [-0.2, -0.15) is 0 Å². The molecule has 2 unspecified atom stereocenters.